The molecule has 1 aromatic rings. The van der Waals surface area contributed by atoms with E-state index < -0.39 is 0 Å². The highest BCUT2D eigenvalue weighted by Crippen LogP contribution is 2.25. The van der Waals surface area contributed by atoms with Crippen LogP contribution in [0, 0.1) is 5.82 Å². The lowest BCUT2D eigenvalue weighted by molar-refractivity contribution is 0.442. The minimum absolute atomic E-state index is 0.137. The maximum Gasteiger partial charge on any atom is 0.123 e. The zero-order valence-corrected chi connectivity index (χ0v) is 7.97. The molecule has 0 radical (unpaired) electrons. The number of nitrogens with one attached hydrogen (secondary N) is 1. The number of hydrogen-bond donors (Lipinski definition) is 1. The molecule has 13 heavy (non-hydrogen) atoms. The van der Waals surface area contributed by atoms with Gasteiger partial charge in [-0.2, -0.15) is 0 Å². The molecular formula is C11H14FN. The van der Waals surface area contributed by atoms with Crippen molar-refractivity contribution in [1.82, 2.24) is 5.32 Å². The summed E-state index contributed by atoms with van der Waals surface area (Å²) >= 11 is 0. The van der Waals surface area contributed by atoms with Crippen molar-refractivity contribution in [1.29, 1.82) is 0 Å². The van der Waals surface area contributed by atoms with Crippen molar-refractivity contribution < 1.29 is 4.39 Å². The largest absolute Gasteiger partial charge is 0.307 e. The Bertz CT molecular complexity index is 322. The maximum atomic E-state index is 12.9. The summed E-state index contributed by atoms with van der Waals surface area (Å²) in [6.07, 6.45) is 1.000. The molecule has 1 nitrogen and oxygen atoms in total. The smallest absolute Gasteiger partial charge is 0.123 e. The first-order valence-electron chi connectivity index (χ1n) is 4.71. The molecule has 0 saturated heterocycles. The van der Waals surface area contributed by atoms with E-state index in [4.69, 9.17) is 0 Å². The zero-order chi connectivity index (χ0) is 9.42. The van der Waals surface area contributed by atoms with Gasteiger partial charge in [-0.3, -0.25) is 0 Å². The minimum atomic E-state index is -0.137. The SMILES string of the molecule is CC1Cc2ccc(F)cc2C(C)N1. The average molecular weight is 179 g/mol. The van der Waals surface area contributed by atoms with Gasteiger partial charge in [0.05, 0.1) is 0 Å². The lowest BCUT2D eigenvalue weighted by Gasteiger charge is -2.28. The second-order valence-corrected chi connectivity index (χ2v) is 3.84. The van der Waals surface area contributed by atoms with Crippen molar-refractivity contribution in [2.24, 2.45) is 0 Å². The van der Waals surface area contributed by atoms with Gasteiger partial charge in [0.2, 0.25) is 0 Å². The first-order chi connectivity index (χ1) is 6.16. The van der Waals surface area contributed by atoms with Gasteiger partial charge in [0, 0.05) is 12.1 Å². The molecule has 2 rings (SSSR count). The fourth-order valence-corrected chi connectivity index (χ4v) is 2.06. The highest BCUT2D eigenvalue weighted by Gasteiger charge is 2.20. The highest BCUT2D eigenvalue weighted by molar-refractivity contribution is 5.33. The second kappa shape index (κ2) is 3.11. The van der Waals surface area contributed by atoms with Crippen LogP contribution in [-0.4, -0.2) is 6.04 Å². The molecule has 1 aliphatic heterocycles. The van der Waals surface area contributed by atoms with Gasteiger partial charge < -0.3 is 5.32 Å². The summed E-state index contributed by atoms with van der Waals surface area (Å²) in [5.74, 6) is -0.137. The number of rotatable bonds is 0. The Hall–Kier alpha value is -0.890. The number of benzene rings is 1. The molecule has 0 fully saturated rings. The van der Waals surface area contributed by atoms with Gasteiger partial charge in [-0.1, -0.05) is 6.07 Å². The Morgan fingerprint density at radius 1 is 1.38 bits per heavy atom. The van der Waals surface area contributed by atoms with Crippen LogP contribution in [0.25, 0.3) is 0 Å². The Kier molecular flexibility index (Phi) is 2.08. The molecular weight excluding hydrogens is 165 g/mol. The van der Waals surface area contributed by atoms with Gasteiger partial charge >= 0.3 is 0 Å². The Labute approximate surface area is 78.0 Å². The third kappa shape index (κ3) is 1.59. The van der Waals surface area contributed by atoms with Gasteiger partial charge in [0.15, 0.2) is 0 Å². The van der Waals surface area contributed by atoms with E-state index in [1.807, 2.05) is 6.07 Å². The van der Waals surface area contributed by atoms with Crippen molar-refractivity contribution in [3.05, 3.63) is 35.1 Å². The lowest BCUT2D eigenvalue weighted by atomic mass is 9.91. The minimum Gasteiger partial charge on any atom is -0.307 e. The van der Waals surface area contributed by atoms with Gasteiger partial charge in [0.1, 0.15) is 5.82 Å². The van der Waals surface area contributed by atoms with Crippen LogP contribution in [0.3, 0.4) is 0 Å². The summed E-state index contributed by atoms with van der Waals surface area (Å²) in [4.78, 5) is 0. The molecule has 2 atom stereocenters. The molecule has 0 bridgehead atoms. The van der Waals surface area contributed by atoms with Gasteiger partial charge in [-0.05, 0) is 43.5 Å². The molecule has 0 aromatic heterocycles. The highest BCUT2D eigenvalue weighted by atomic mass is 19.1. The van der Waals surface area contributed by atoms with Crippen LogP contribution in [0.15, 0.2) is 18.2 Å². The topological polar surface area (TPSA) is 12.0 Å². The van der Waals surface area contributed by atoms with Crippen molar-refractivity contribution in [2.75, 3.05) is 0 Å². The fourth-order valence-electron chi connectivity index (χ4n) is 2.06. The molecule has 1 aliphatic rings. The molecule has 0 spiro atoms. The number of fused-ring (bicyclic) bond motifs is 1. The molecule has 70 valence electrons. The van der Waals surface area contributed by atoms with E-state index in [-0.39, 0.29) is 11.9 Å². The van der Waals surface area contributed by atoms with Crippen LogP contribution in [0.4, 0.5) is 4.39 Å². The van der Waals surface area contributed by atoms with Gasteiger partial charge in [0.25, 0.3) is 0 Å². The van der Waals surface area contributed by atoms with Crippen molar-refractivity contribution in [3.63, 3.8) is 0 Å². The summed E-state index contributed by atoms with van der Waals surface area (Å²) in [6, 6.07) is 5.85. The van der Waals surface area contributed by atoms with E-state index in [9.17, 15) is 4.39 Å². The normalized spacial score (nSPS) is 27.0. The van der Waals surface area contributed by atoms with Crippen molar-refractivity contribution in [2.45, 2.75) is 32.4 Å². The summed E-state index contributed by atoms with van der Waals surface area (Å²) < 4.78 is 12.9. The fraction of sp³-hybridized carbons (Fsp3) is 0.455. The second-order valence-electron chi connectivity index (χ2n) is 3.84. The predicted octanol–water partition coefficient (Wildman–Crippen LogP) is 2.42. The van der Waals surface area contributed by atoms with E-state index in [2.05, 4.69) is 19.2 Å². The molecule has 1 aromatic carbocycles. The van der Waals surface area contributed by atoms with Crippen molar-refractivity contribution in [3.8, 4) is 0 Å². The first kappa shape index (κ1) is 8.70. The number of hydrogen-bond acceptors (Lipinski definition) is 1. The third-order valence-corrected chi connectivity index (χ3v) is 2.64. The van der Waals surface area contributed by atoms with Gasteiger partial charge in [-0.25, -0.2) is 4.39 Å². The average Bonchev–Trinajstić information content (AvgIpc) is 2.06. The first-order valence-corrected chi connectivity index (χ1v) is 4.71. The number of halogens is 1. The predicted molar refractivity (Wildman–Crippen MR) is 51.1 cm³/mol. The van der Waals surface area contributed by atoms with Crippen LogP contribution in [-0.2, 0) is 6.42 Å². The zero-order valence-electron chi connectivity index (χ0n) is 7.97. The van der Waals surface area contributed by atoms with E-state index in [1.54, 1.807) is 12.1 Å². The van der Waals surface area contributed by atoms with E-state index in [1.165, 1.54) is 5.56 Å². The van der Waals surface area contributed by atoms with E-state index >= 15 is 0 Å². The monoisotopic (exact) mass is 179 g/mol. The molecule has 0 amide bonds. The Balaban J connectivity index is 2.43. The summed E-state index contributed by atoms with van der Waals surface area (Å²) in [6.45, 7) is 4.23. The third-order valence-electron chi connectivity index (χ3n) is 2.64. The Morgan fingerprint density at radius 2 is 2.15 bits per heavy atom. The molecule has 1 heterocycles. The van der Waals surface area contributed by atoms with Crippen LogP contribution in [0.2, 0.25) is 0 Å². The lowest BCUT2D eigenvalue weighted by Crippen LogP contribution is -2.35. The van der Waals surface area contributed by atoms with Crippen molar-refractivity contribution >= 4 is 0 Å². The maximum absolute atomic E-state index is 12.9. The molecule has 0 saturated carbocycles. The van der Waals surface area contributed by atoms with Crippen LogP contribution >= 0.6 is 0 Å². The van der Waals surface area contributed by atoms with E-state index in [0.29, 0.717) is 6.04 Å². The van der Waals surface area contributed by atoms with Crippen LogP contribution in [0.5, 0.6) is 0 Å². The molecule has 2 unspecified atom stereocenters. The molecule has 1 N–H and O–H groups in total. The summed E-state index contributed by atoms with van der Waals surface area (Å²) in [5.41, 5.74) is 2.39. The van der Waals surface area contributed by atoms with E-state index in [0.717, 1.165) is 12.0 Å². The van der Waals surface area contributed by atoms with Crippen LogP contribution in [0.1, 0.15) is 31.0 Å². The quantitative estimate of drug-likeness (QED) is 0.645. The summed E-state index contributed by atoms with van der Waals surface area (Å²) in [5, 5.41) is 3.40. The molecule has 0 aliphatic carbocycles. The summed E-state index contributed by atoms with van der Waals surface area (Å²) in [7, 11) is 0. The standard InChI is InChI=1S/C11H14FN/c1-7-5-9-3-4-10(12)6-11(9)8(2)13-7/h3-4,6-8,13H,5H2,1-2H3. The Morgan fingerprint density at radius 3 is 2.92 bits per heavy atom. The van der Waals surface area contributed by atoms with Crippen LogP contribution < -0.4 is 5.32 Å². The molecule has 2 heteroatoms. The van der Waals surface area contributed by atoms with Gasteiger partial charge in [-0.15, -0.1) is 0 Å².